The van der Waals surface area contributed by atoms with Crippen LogP contribution in [0.5, 0.6) is 0 Å². The number of rotatable bonds is 13. The molecule has 0 saturated heterocycles. The van der Waals surface area contributed by atoms with Gasteiger partial charge in [-0.1, -0.05) is 95.6 Å². The number of hydrogen-bond donors (Lipinski definition) is 1. The van der Waals surface area contributed by atoms with E-state index in [-0.39, 0.29) is 60.9 Å². The average molecular weight is 700 g/mol. The Morgan fingerprint density at radius 1 is 0.909 bits per heavy atom. The first kappa shape index (κ1) is 34.4. The predicted molar refractivity (Wildman–Crippen MR) is 179 cm³/mol. The van der Waals surface area contributed by atoms with Crippen LogP contribution >= 0.6 is 46.4 Å². The number of anilines is 1. The zero-order valence-electron chi connectivity index (χ0n) is 24.3. The predicted octanol–water partition coefficient (Wildman–Crippen LogP) is 7.55. The van der Waals surface area contributed by atoms with Crippen LogP contribution in [0, 0.1) is 0 Å². The molecule has 1 aliphatic carbocycles. The zero-order chi connectivity index (χ0) is 31.9. The van der Waals surface area contributed by atoms with Crippen molar-refractivity contribution in [2.75, 3.05) is 17.1 Å². The van der Waals surface area contributed by atoms with E-state index < -0.39 is 16.1 Å². The molecule has 0 radical (unpaired) electrons. The molecule has 1 atom stereocenters. The second kappa shape index (κ2) is 15.7. The molecule has 0 spiro atoms. The largest absolute Gasteiger partial charge is 0.352 e. The Morgan fingerprint density at radius 2 is 1.57 bits per heavy atom. The topological polar surface area (TPSA) is 86.8 Å². The third-order valence-electron chi connectivity index (χ3n) is 7.69. The third-order valence-corrected chi connectivity index (χ3v) is 10.1. The van der Waals surface area contributed by atoms with Crippen LogP contribution in [0.1, 0.15) is 49.7 Å². The minimum atomic E-state index is -3.75. The molecule has 0 heterocycles. The summed E-state index contributed by atoms with van der Waals surface area (Å²) in [5, 5.41) is 4.46. The Morgan fingerprint density at radius 3 is 2.20 bits per heavy atom. The summed E-state index contributed by atoms with van der Waals surface area (Å²) in [5.74, 6) is -0.588. The number of amides is 2. The van der Waals surface area contributed by atoms with Crippen molar-refractivity contribution in [3.05, 3.63) is 97.9 Å². The lowest BCUT2D eigenvalue weighted by Crippen LogP contribution is -2.52. The highest BCUT2D eigenvalue weighted by Crippen LogP contribution is 2.32. The van der Waals surface area contributed by atoms with Gasteiger partial charge >= 0.3 is 0 Å². The highest BCUT2D eigenvalue weighted by molar-refractivity contribution is 7.92. The molecule has 0 aromatic heterocycles. The summed E-state index contributed by atoms with van der Waals surface area (Å²) >= 11 is 25.5. The standard InChI is InChI=1S/C32H35Cl4N3O4S/c1-44(42,43)39(29-20-23(33)16-17-28(29)36)18-8-15-31(40)38(21-25-26(34)13-7-14-27(25)35)30(19-22-9-3-2-4-10-22)32(41)37-24-11-5-6-12-24/h2-4,7,9-10,13-14,16-17,20,24,30H,5-6,8,11-12,15,18-19,21H2,1H3,(H,37,41)/t30-/m1/s1. The van der Waals surface area contributed by atoms with Crippen LogP contribution in [0.4, 0.5) is 5.69 Å². The number of nitrogens with zero attached hydrogens (tertiary/aromatic N) is 2. The van der Waals surface area contributed by atoms with E-state index in [9.17, 15) is 18.0 Å². The zero-order valence-corrected chi connectivity index (χ0v) is 28.2. The van der Waals surface area contributed by atoms with Crippen molar-refractivity contribution >= 4 is 73.9 Å². The lowest BCUT2D eigenvalue weighted by Gasteiger charge is -2.33. The molecule has 1 saturated carbocycles. The monoisotopic (exact) mass is 697 g/mol. The highest BCUT2D eigenvalue weighted by atomic mass is 35.5. The second-order valence-electron chi connectivity index (χ2n) is 11.0. The van der Waals surface area contributed by atoms with Crippen LogP contribution in [0.3, 0.4) is 0 Å². The number of nitrogens with one attached hydrogen (secondary N) is 1. The summed E-state index contributed by atoms with van der Waals surface area (Å²) in [7, 11) is -3.75. The first-order chi connectivity index (χ1) is 20.9. The number of carbonyl (C=O) groups excluding carboxylic acids is 2. The quantitative estimate of drug-likeness (QED) is 0.200. The van der Waals surface area contributed by atoms with E-state index in [1.165, 1.54) is 17.0 Å². The number of halogens is 4. The van der Waals surface area contributed by atoms with Gasteiger partial charge in [-0.2, -0.15) is 0 Å². The molecule has 12 heteroatoms. The van der Waals surface area contributed by atoms with Crippen LogP contribution in [0.25, 0.3) is 0 Å². The van der Waals surface area contributed by atoms with Crippen molar-refractivity contribution in [2.24, 2.45) is 0 Å². The lowest BCUT2D eigenvalue weighted by molar-refractivity contribution is -0.141. The van der Waals surface area contributed by atoms with Gasteiger partial charge in [-0.3, -0.25) is 13.9 Å². The number of benzene rings is 3. The van der Waals surface area contributed by atoms with Gasteiger partial charge in [0.25, 0.3) is 0 Å². The first-order valence-electron chi connectivity index (χ1n) is 14.4. The van der Waals surface area contributed by atoms with Crippen molar-refractivity contribution in [2.45, 2.75) is 63.6 Å². The molecule has 1 aliphatic rings. The van der Waals surface area contributed by atoms with Gasteiger partial charge in [0, 0.05) is 52.6 Å². The van der Waals surface area contributed by atoms with Gasteiger partial charge < -0.3 is 10.2 Å². The minimum Gasteiger partial charge on any atom is -0.352 e. The molecule has 0 aliphatic heterocycles. The van der Waals surface area contributed by atoms with E-state index in [2.05, 4.69) is 5.32 Å². The highest BCUT2D eigenvalue weighted by Gasteiger charge is 2.33. The average Bonchev–Trinajstić information content (AvgIpc) is 3.48. The molecule has 7 nitrogen and oxygen atoms in total. The maximum Gasteiger partial charge on any atom is 0.243 e. The molecule has 0 unspecified atom stereocenters. The van der Waals surface area contributed by atoms with Gasteiger partial charge in [0.05, 0.1) is 17.0 Å². The molecule has 1 fully saturated rings. The van der Waals surface area contributed by atoms with Crippen molar-refractivity contribution in [3.8, 4) is 0 Å². The van der Waals surface area contributed by atoms with E-state index >= 15 is 0 Å². The molecule has 4 rings (SSSR count). The van der Waals surface area contributed by atoms with Crippen LogP contribution in [0.2, 0.25) is 20.1 Å². The van der Waals surface area contributed by atoms with Crippen LogP contribution < -0.4 is 9.62 Å². The second-order valence-corrected chi connectivity index (χ2v) is 14.5. The molecule has 3 aromatic carbocycles. The first-order valence-corrected chi connectivity index (χ1v) is 17.8. The van der Waals surface area contributed by atoms with E-state index in [4.69, 9.17) is 46.4 Å². The fourth-order valence-corrected chi connectivity index (χ4v) is 7.36. The Kier molecular flexibility index (Phi) is 12.3. The fourth-order valence-electron chi connectivity index (χ4n) is 5.43. The van der Waals surface area contributed by atoms with Crippen LogP contribution in [0.15, 0.2) is 66.7 Å². The van der Waals surface area contributed by atoms with Gasteiger partial charge in [0.2, 0.25) is 21.8 Å². The Labute approximate surface area is 279 Å². The van der Waals surface area contributed by atoms with Crippen LogP contribution in [-0.4, -0.2) is 50.0 Å². The fraction of sp³-hybridized carbons (Fsp3) is 0.375. The molecular weight excluding hydrogens is 664 g/mol. The van der Waals surface area contributed by atoms with E-state index in [0.717, 1.165) is 41.8 Å². The molecule has 236 valence electrons. The van der Waals surface area contributed by atoms with Crippen molar-refractivity contribution in [1.82, 2.24) is 10.2 Å². The lowest BCUT2D eigenvalue weighted by atomic mass is 10.0. The molecule has 3 aromatic rings. The Hall–Kier alpha value is -2.49. The summed E-state index contributed by atoms with van der Waals surface area (Å²) in [4.78, 5) is 29.5. The summed E-state index contributed by atoms with van der Waals surface area (Å²) in [6, 6.07) is 18.4. The summed E-state index contributed by atoms with van der Waals surface area (Å²) < 4.78 is 26.6. The Balaban J connectivity index is 1.63. The molecule has 2 amide bonds. The van der Waals surface area contributed by atoms with Gasteiger partial charge in [0.15, 0.2) is 0 Å². The molecule has 1 N–H and O–H groups in total. The summed E-state index contributed by atoms with van der Waals surface area (Å²) in [5.41, 5.74) is 1.65. The van der Waals surface area contributed by atoms with Gasteiger partial charge in [-0.05, 0) is 55.2 Å². The molecular formula is C32H35Cl4N3O4S. The smallest absolute Gasteiger partial charge is 0.243 e. The minimum absolute atomic E-state index is 0.00282. The Bertz CT molecular complexity index is 1550. The number of carbonyl (C=O) groups is 2. The molecule has 0 bridgehead atoms. The van der Waals surface area contributed by atoms with Crippen molar-refractivity contribution < 1.29 is 18.0 Å². The summed E-state index contributed by atoms with van der Waals surface area (Å²) in [6.45, 7) is -0.0220. The maximum absolute atomic E-state index is 14.1. The normalized spacial score (nSPS) is 14.3. The van der Waals surface area contributed by atoms with E-state index in [1.54, 1.807) is 24.3 Å². The van der Waals surface area contributed by atoms with Crippen molar-refractivity contribution in [1.29, 1.82) is 0 Å². The van der Waals surface area contributed by atoms with Crippen molar-refractivity contribution in [3.63, 3.8) is 0 Å². The third kappa shape index (κ3) is 9.27. The van der Waals surface area contributed by atoms with Crippen LogP contribution in [-0.2, 0) is 32.6 Å². The summed E-state index contributed by atoms with van der Waals surface area (Å²) in [6.07, 6.45) is 5.32. The SMILES string of the molecule is CS(=O)(=O)N(CCCC(=O)N(Cc1c(Cl)cccc1Cl)[C@H](Cc1ccccc1)C(=O)NC1CCCC1)c1cc(Cl)ccc1Cl. The molecule has 44 heavy (non-hydrogen) atoms. The number of sulfonamides is 1. The maximum atomic E-state index is 14.1. The number of hydrogen-bond acceptors (Lipinski definition) is 4. The van der Waals surface area contributed by atoms with Gasteiger partial charge in [-0.25, -0.2) is 8.42 Å². The van der Waals surface area contributed by atoms with Gasteiger partial charge in [0.1, 0.15) is 6.04 Å². The van der Waals surface area contributed by atoms with E-state index in [1.807, 2.05) is 30.3 Å². The van der Waals surface area contributed by atoms with Gasteiger partial charge in [-0.15, -0.1) is 0 Å². The van der Waals surface area contributed by atoms with E-state index in [0.29, 0.717) is 20.6 Å².